The van der Waals surface area contributed by atoms with E-state index in [0.29, 0.717) is 16.8 Å². The number of halogens is 7. The number of benzene rings is 2. The molecule has 0 radical (unpaired) electrons. The second-order valence-corrected chi connectivity index (χ2v) is 8.15. The normalized spacial score (nSPS) is 12.6. The molecule has 0 saturated heterocycles. The summed E-state index contributed by atoms with van der Waals surface area (Å²) in [5.74, 6) is -1.77. The quantitative estimate of drug-likeness (QED) is 0.442. The summed E-state index contributed by atoms with van der Waals surface area (Å²) in [6.07, 6.45) is -10.2. The van der Waals surface area contributed by atoms with Crippen LogP contribution in [0.15, 0.2) is 36.4 Å². The number of aromatic nitrogens is 1. The van der Waals surface area contributed by atoms with Crippen molar-refractivity contribution in [1.29, 1.82) is 0 Å². The summed E-state index contributed by atoms with van der Waals surface area (Å²) in [6.45, 7) is 0.139. The highest BCUT2D eigenvalue weighted by molar-refractivity contribution is 7.22. The van der Waals surface area contributed by atoms with Gasteiger partial charge in [-0.2, -0.15) is 26.3 Å². The fourth-order valence-electron chi connectivity index (χ4n) is 2.84. The Kier molecular flexibility index (Phi) is 6.47. The third-order valence-electron chi connectivity index (χ3n) is 4.44. The van der Waals surface area contributed by atoms with Crippen molar-refractivity contribution in [3.8, 4) is 0 Å². The monoisotopic (exact) mass is 479 g/mol. The molecule has 172 valence electrons. The Morgan fingerprint density at radius 1 is 0.969 bits per heavy atom. The van der Waals surface area contributed by atoms with Crippen LogP contribution in [0.5, 0.6) is 0 Å². The Bertz CT molecular complexity index is 1110. The molecule has 1 amide bonds. The average molecular weight is 479 g/mol. The van der Waals surface area contributed by atoms with E-state index in [-0.39, 0.29) is 29.8 Å². The van der Waals surface area contributed by atoms with E-state index in [4.69, 9.17) is 0 Å². The molecule has 0 aliphatic carbocycles. The smallest absolute Gasteiger partial charge is 0.308 e. The van der Waals surface area contributed by atoms with Crippen molar-refractivity contribution >= 4 is 32.6 Å². The maximum atomic E-state index is 14.1. The van der Waals surface area contributed by atoms with Crippen LogP contribution in [0, 0.1) is 5.82 Å². The minimum Gasteiger partial charge on any atom is -0.308 e. The molecule has 3 aromatic rings. The van der Waals surface area contributed by atoms with Crippen LogP contribution >= 0.6 is 11.3 Å². The van der Waals surface area contributed by atoms with E-state index in [1.165, 1.54) is 6.07 Å². The largest absolute Gasteiger partial charge is 0.416 e. The number of amides is 1. The Balaban J connectivity index is 2.12. The van der Waals surface area contributed by atoms with Crippen molar-refractivity contribution in [2.24, 2.45) is 0 Å². The second kappa shape index (κ2) is 8.66. The molecule has 0 bridgehead atoms. The number of thiazole rings is 1. The molecule has 32 heavy (non-hydrogen) atoms. The summed E-state index contributed by atoms with van der Waals surface area (Å²) >= 11 is 0.905. The van der Waals surface area contributed by atoms with Gasteiger partial charge in [-0.1, -0.05) is 17.4 Å². The highest BCUT2D eigenvalue weighted by Gasteiger charge is 2.38. The molecule has 3 rings (SSSR count). The topological polar surface area (TPSA) is 36.4 Å². The van der Waals surface area contributed by atoms with Crippen LogP contribution in [0.1, 0.15) is 21.5 Å². The SMILES string of the molecule is CN(C)CCN(C(=O)c1cc(C(F)(F)F)cc(C(F)(F)F)c1)c1nc2c(F)cccc2s1. The van der Waals surface area contributed by atoms with Crippen molar-refractivity contribution < 1.29 is 35.5 Å². The van der Waals surface area contributed by atoms with Gasteiger partial charge in [0.2, 0.25) is 0 Å². The Morgan fingerprint density at radius 3 is 2.06 bits per heavy atom. The predicted octanol–water partition coefficient (Wildman–Crippen LogP) is 5.68. The van der Waals surface area contributed by atoms with Gasteiger partial charge >= 0.3 is 12.4 Å². The lowest BCUT2D eigenvalue weighted by Crippen LogP contribution is -2.37. The maximum Gasteiger partial charge on any atom is 0.416 e. The van der Waals surface area contributed by atoms with Gasteiger partial charge in [0, 0.05) is 18.7 Å². The molecule has 0 aliphatic heterocycles. The minimum absolute atomic E-state index is 0.0390. The first kappa shape index (κ1) is 23.9. The zero-order valence-corrected chi connectivity index (χ0v) is 17.5. The number of rotatable bonds is 5. The molecule has 0 saturated carbocycles. The molecule has 0 fully saturated rings. The van der Waals surface area contributed by atoms with Crippen molar-refractivity contribution in [3.63, 3.8) is 0 Å². The molecule has 0 atom stereocenters. The Hall–Kier alpha value is -2.73. The molecule has 1 aromatic heterocycles. The van der Waals surface area contributed by atoms with E-state index in [1.54, 1.807) is 25.1 Å². The van der Waals surface area contributed by atoms with Gasteiger partial charge in [-0.3, -0.25) is 9.69 Å². The minimum atomic E-state index is -5.09. The third kappa shape index (κ3) is 5.18. The van der Waals surface area contributed by atoms with Gasteiger partial charge in [0.05, 0.1) is 15.8 Å². The summed E-state index contributed by atoms with van der Waals surface area (Å²) in [6, 6.07) is 4.81. The van der Waals surface area contributed by atoms with Gasteiger partial charge < -0.3 is 4.90 Å². The first-order valence-electron chi connectivity index (χ1n) is 9.08. The Labute approximate surface area is 181 Å². The molecule has 0 N–H and O–H groups in total. The number of hydrogen-bond acceptors (Lipinski definition) is 4. The van der Waals surface area contributed by atoms with Crippen molar-refractivity contribution in [1.82, 2.24) is 9.88 Å². The Morgan fingerprint density at radius 2 is 1.56 bits per heavy atom. The van der Waals surface area contributed by atoms with Gasteiger partial charge in [0.15, 0.2) is 5.13 Å². The molecule has 2 aromatic carbocycles. The first-order chi connectivity index (χ1) is 14.8. The number of fused-ring (bicyclic) bond motifs is 1. The molecular formula is C20H16F7N3OS. The van der Waals surface area contributed by atoms with Crippen LogP contribution < -0.4 is 4.90 Å². The molecule has 4 nitrogen and oxygen atoms in total. The van der Waals surface area contributed by atoms with Crippen LogP contribution in [0.25, 0.3) is 10.2 Å². The summed E-state index contributed by atoms with van der Waals surface area (Å²) in [4.78, 5) is 19.8. The molecule has 0 unspecified atom stereocenters. The van der Waals surface area contributed by atoms with E-state index in [1.807, 2.05) is 0 Å². The standard InChI is InChI=1S/C20H16F7N3OS/c1-29(2)6-7-30(18-28-16-14(21)4-3-5-15(16)32-18)17(31)11-8-12(19(22,23)24)10-13(9-11)20(25,26)27/h3-5,8-10H,6-7H2,1-2H3. The molecule has 12 heteroatoms. The number of carbonyl (C=O) groups is 1. The van der Waals surface area contributed by atoms with Crippen LogP contribution in [-0.2, 0) is 12.4 Å². The highest BCUT2D eigenvalue weighted by atomic mass is 32.1. The fraction of sp³-hybridized carbons (Fsp3) is 0.300. The van der Waals surface area contributed by atoms with Gasteiger partial charge in [0.25, 0.3) is 5.91 Å². The second-order valence-electron chi connectivity index (χ2n) is 7.14. The van der Waals surface area contributed by atoms with E-state index >= 15 is 0 Å². The lowest BCUT2D eigenvalue weighted by Gasteiger charge is -2.23. The van der Waals surface area contributed by atoms with Crippen molar-refractivity contribution in [3.05, 3.63) is 58.9 Å². The summed E-state index contributed by atoms with van der Waals surface area (Å²) in [5, 5.41) is -0.0390. The predicted molar refractivity (Wildman–Crippen MR) is 106 cm³/mol. The number of likely N-dealkylation sites (N-methyl/N-ethyl adjacent to an activating group) is 1. The molecule has 1 heterocycles. The third-order valence-corrected chi connectivity index (χ3v) is 5.48. The number of alkyl halides is 6. The zero-order valence-electron chi connectivity index (χ0n) is 16.7. The van der Waals surface area contributed by atoms with Crippen LogP contribution in [-0.4, -0.2) is 43.0 Å². The van der Waals surface area contributed by atoms with Crippen molar-refractivity contribution in [2.45, 2.75) is 12.4 Å². The van der Waals surface area contributed by atoms with E-state index in [2.05, 4.69) is 4.98 Å². The summed E-state index contributed by atoms with van der Waals surface area (Å²) in [7, 11) is 3.35. The zero-order chi connectivity index (χ0) is 23.8. The van der Waals surface area contributed by atoms with Gasteiger partial charge in [-0.05, 0) is 44.4 Å². The number of hydrogen-bond donors (Lipinski definition) is 0. The average Bonchev–Trinajstić information content (AvgIpc) is 3.11. The maximum absolute atomic E-state index is 14.1. The van der Waals surface area contributed by atoms with Crippen LogP contribution in [0.2, 0.25) is 0 Å². The molecular weight excluding hydrogens is 463 g/mol. The summed E-state index contributed by atoms with van der Waals surface area (Å²) in [5.41, 5.74) is -4.04. The van der Waals surface area contributed by atoms with E-state index in [9.17, 15) is 35.5 Å². The van der Waals surface area contributed by atoms with Crippen molar-refractivity contribution in [2.75, 3.05) is 32.1 Å². The lowest BCUT2D eigenvalue weighted by atomic mass is 10.0. The summed E-state index contributed by atoms with van der Waals surface area (Å²) < 4.78 is 93.7. The highest BCUT2D eigenvalue weighted by Crippen LogP contribution is 2.37. The number of nitrogens with zero attached hydrogens (tertiary/aromatic N) is 3. The molecule has 0 spiro atoms. The van der Waals surface area contributed by atoms with Gasteiger partial charge in [-0.15, -0.1) is 0 Å². The number of para-hydroxylation sites is 1. The van der Waals surface area contributed by atoms with E-state index in [0.717, 1.165) is 22.3 Å². The molecule has 0 aliphatic rings. The van der Waals surface area contributed by atoms with Gasteiger partial charge in [0.1, 0.15) is 11.3 Å². The van der Waals surface area contributed by atoms with Crippen LogP contribution in [0.3, 0.4) is 0 Å². The van der Waals surface area contributed by atoms with E-state index < -0.39 is 40.8 Å². The fourth-order valence-corrected chi connectivity index (χ4v) is 3.84. The lowest BCUT2D eigenvalue weighted by molar-refractivity contribution is -0.143. The van der Waals surface area contributed by atoms with Gasteiger partial charge in [-0.25, -0.2) is 9.37 Å². The van der Waals surface area contributed by atoms with Crippen LogP contribution in [0.4, 0.5) is 35.9 Å². The first-order valence-corrected chi connectivity index (χ1v) is 9.90. The number of anilines is 1. The number of carbonyl (C=O) groups excluding carboxylic acids is 1.